The summed E-state index contributed by atoms with van der Waals surface area (Å²) in [6, 6.07) is 18.2. The molecule has 2 N–H and O–H groups in total. The van der Waals surface area contributed by atoms with Crippen molar-refractivity contribution in [2.24, 2.45) is 5.92 Å². The van der Waals surface area contributed by atoms with Gasteiger partial charge in [0, 0.05) is 24.2 Å². The van der Waals surface area contributed by atoms with Crippen molar-refractivity contribution in [3.8, 4) is 17.2 Å². The summed E-state index contributed by atoms with van der Waals surface area (Å²) in [7, 11) is 1.59. The lowest BCUT2D eigenvalue weighted by molar-refractivity contribution is -0.143. The fourth-order valence-corrected chi connectivity index (χ4v) is 5.33. The van der Waals surface area contributed by atoms with Crippen LogP contribution >= 0.6 is 0 Å². The molecule has 3 atom stereocenters. The SMILES string of the molecule is COc1ccc([C@@H]2[C@@H](C(=O)O)[C@@H](c3ccc4c(c3)OCO4)CN2CC(=O)Nc2cccc(C)c2C)cc1. The molecular formula is C29H30N2O6. The lowest BCUT2D eigenvalue weighted by atomic mass is 9.82. The zero-order valence-electron chi connectivity index (χ0n) is 21.1. The maximum atomic E-state index is 13.2. The zero-order valence-corrected chi connectivity index (χ0v) is 21.1. The van der Waals surface area contributed by atoms with E-state index >= 15 is 0 Å². The van der Waals surface area contributed by atoms with Crippen LogP contribution in [0, 0.1) is 19.8 Å². The van der Waals surface area contributed by atoms with Gasteiger partial charge in [0.05, 0.1) is 19.6 Å². The zero-order chi connectivity index (χ0) is 26.1. The predicted molar refractivity (Wildman–Crippen MR) is 138 cm³/mol. The van der Waals surface area contributed by atoms with Crippen LogP contribution in [0.1, 0.15) is 34.2 Å². The molecule has 3 aromatic rings. The fraction of sp³-hybridized carbons (Fsp3) is 0.310. The predicted octanol–water partition coefficient (Wildman–Crippen LogP) is 4.52. The average molecular weight is 503 g/mol. The highest BCUT2D eigenvalue weighted by Gasteiger charge is 2.48. The molecule has 5 rings (SSSR count). The second kappa shape index (κ2) is 10.1. The molecule has 0 spiro atoms. The van der Waals surface area contributed by atoms with E-state index < -0.39 is 17.9 Å². The summed E-state index contributed by atoms with van der Waals surface area (Å²) in [5, 5.41) is 13.4. The number of benzene rings is 3. The maximum absolute atomic E-state index is 13.2. The molecule has 0 unspecified atom stereocenters. The summed E-state index contributed by atoms with van der Waals surface area (Å²) in [6.07, 6.45) is 0. The van der Waals surface area contributed by atoms with Crippen molar-refractivity contribution in [3.05, 3.63) is 82.9 Å². The second-order valence-electron chi connectivity index (χ2n) is 9.53. The second-order valence-corrected chi connectivity index (χ2v) is 9.53. The molecule has 2 aliphatic heterocycles. The molecule has 8 nitrogen and oxygen atoms in total. The Morgan fingerprint density at radius 3 is 2.49 bits per heavy atom. The number of hydrogen-bond acceptors (Lipinski definition) is 6. The Morgan fingerprint density at radius 1 is 1.03 bits per heavy atom. The fourth-order valence-electron chi connectivity index (χ4n) is 5.33. The van der Waals surface area contributed by atoms with E-state index in [1.807, 2.05) is 79.4 Å². The quantitative estimate of drug-likeness (QED) is 0.490. The van der Waals surface area contributed by atoms with E-state index in [9.17, 15) is 14.7 Å². The Kier molecular flexibility index (Phi) is 6.76. The number of carbonyl (C=O) groups is 2. The summed E-state index contributed by atoms with van der Waals surface area (Å²) >= 11 is 0. The molecule has 37 heavy (non-hydrogen) atoms. The Labute approximate surface area is 215 Å². The van der Waals surface area contributed by atoms with Crippen LogP contribution in [0.15, 0.2) is 60.7 Å². The molecule has 3 aromatic carbocycles. The third kappa shape index (κ3) is 4.84. The van der Waals surface area contributed by atoms with Gasteiger partial charge in [0.1, 0.15) is 5.75 Å². The van der Waals surface area contributed by atoms with E-state index in [1.54, 1.807) is 7.11 Å². The van der Waals surface area contributed by atoms with E-state index in [2.05, 4.69) is 5.32 Å². The third-order valence-electron chi connectivity index (χ3n) is 7.39. The van der Waals surface area contributed by atoms with Crippen LogP contribution < -0.4 is 19.5 Å². The van der Waals surface area contributed by atoms with Gasteiger partial charge in [-0.05, 0) is 66.4 Å². The van der Waals surface area contributed by atoms with Crippen molar-refractivity contribution in [2.45, 2.75) is 25.8 Å². The first-order chi connectivity index (χ1) is 17.9. The van der Waals surface area contributed by atoms with Crippen LogP contribution in [0.25, 0.3) is 0 Å². The first-order valence-electron chi connectivity index (χ1n) is 12.2. The number of likely N-dealkylation sites (tertiary alicyclic amines) is 1. The van der Waals surface area contributed by atoms with Crippen molar-refractivity contribution < 1.29 is 28.9 Å². The third-order valence-corrected chi connectivity index (χ3v) is 7.39. The summed E-state index contributed by atoms with van der Waals surface area (Å²) in [5.41, 5.74) is 4.50. The number of amides is 1. The summed E-state index contributed by atoms with van der Waals surface area (Å²) in [6.45, 7) is 4.56. The molecule has 8 heteroatoms. The Morgan fingerprint density at radius 2 is 1.76 bits per heavy atom. The molecule has 0 aromatic heterocycles. The number of aliphatic carboxylic acids is 1. The lowest BCUT2D eigenvalue weighted by Crippen LogP contribution is -2.35. The molecule has 0 aliphatic carbocycles. The highest BCUT2D eigenvalue weighted by Crippen LogP contribution is 2.47. The molecule has 1 fully saturated rings. The molecule has 0 saturated carbocycles. The standard InChI is InChI=1S/C29H30N2O6/c1-17-5-4-6-23(18(17)2)30-26(32)15-31-14-22(20-9-12-24-25(13-20)37-16-36-24)27(29(33)34)28(31)19-7-10-21(35-3)11-8-19/h4-13,22,27-28H,14-16H2,1-3H3,(H,30,32)(H,33,34)/t22-,27+,28-/m1/s1. The van der Waals surface area contributed by atoms with Crippen LogP contribution in [-0.4, -0.2) is 48.9 Å². The number of carbonyl (C=O) groups excluding carboxylic acids is 1. The van der Waals surface area contributed by atoms with E-state index in [0.29, 0.717) is 23.8 Å². The number of nitrogens with zero attached hydrogens (tertiary/aromatic N) is 1. The Balaban J connectivity index is 1.48. The number of ether oxygens (including phenoxy) is 3. The first-order valence-corrected chi connectivity index (χ1v) is 12.2. The molecule has 1 amide bonds. The van der Waals surface area contributed by atoms with Gasteiger partial charge >= 0.3 is 5.97 Å². The number of hydrogen-bond donors (Lipinski definition) is 2. The maximum Gasteiger partial charge on any atom is 0.309 e. The minimum absolute atomic E-state index is 0.0505. The number of anilines is 1. The van der Waals surface area contributed by atoms with Gasteiger partial charge in [-0.3, -0.25) is 14.5 Å². The number of fused-ring (bicyclic) bond motifs is 1. The highest BCUT2D eigenvalue weighted by atomic mass is 16.7. The number of aryl methyl sites for hydroxylation is 1. The first kappa shape index (κ1) is 24.6. The van der Waals surface area contributed by atoms with E-state index in [0.717, 1.165) is 27.9 Å². The minimum Gasteiger partial charge on any atom is -0.497 e. The van der Waals surface area contributed by atoms with Gasteiger partial charge in [-0.2, -0.15) is 0 Å². The molecule has 2 aliphatic rings. The van der Waals surface area contributed by atoms with Gasteiger partial charge in [0.15, 0.2) is 11.5 Å². The number of carboxylic acids is 1. The van der Waals surface area contributed by atoms with E-state index in [4.69, 9.17) is 14.2 Å². The van der Waals surface area contributed by atoms with Crippen molar-refractivity contribution in [1.29, 1.82) is 0 Å². The Bertz CT molecular complexity index is 1320. The van der Waals surface area contributed by atoms with Crippen LogP contribution in [0.5, 0.6) is 17.2 Å². The van der Waals surface area contributed by atoms with Crippen molar-refractivity contribution in [2.75, 3.05) is 32.3 Å². The van der Waals surface area contributed by atoms with Crippen molar-refractivity contribution in [3.63, 3.8) is 0 Å². The molecular weight excluding hydrogens is 472 g/mol. The van der Waals surface area contributed by atoms with Crippen LogP contribution in [-0.2, 0) is 9.59 Å². The van der Waals surface area contributed by atoms with Gasteiger partial charge in [-0.1, -0.05) is 30.3 Å². The molecule has 2 heterocycles. The number of carboxylic acid groups (broad SMARTS) is 1. The van der Waals surface area contributed by atoms with E-state index in [-0.39, 0.29) is 25.2 Å². The van der Waals surface area contributed by atoms with Crippen LogP contribution in [0.2, 0.25) is 0 Å². The average Bonchev–Trinajstić information content (AvgIpc) is 3.51. The summed E-state index contributed by atoms with van der Waals surface area (Å²) in [4.78, 5) is 27.9. The van der Waals surface area contributed by atoms with Gasteiger partial charge in [0.25, 0.3) is 0 Å². The lowest BCUT2D eigenvalue weighted by Gasteiger charge is -2.27. The van der Waals surface area contributed by atoms with Crippen molar-refractivity contribution in [1.82, 2.24) is 4.90 Å². The molecule has 1 saturated heterocycles. The number of rotatable bonds is 7. The van der Waals surface area contributed by atoms with Gasteiger partial charge in [0.2, 0.25) is 12.7 Å². The van der Waals surface area contributed by atoms with Crippen LogP contribution in [0.3, 0.4) is 0 Å². The van der Waals surface area contributed by atoms with Gasteiger partial charge in [-0.25, -0.2) is 0 Å². The minimum atomic E-state index is -0.916. The summed E-state index contributed by atoms with van der Waals surface area (Å²) in [5.74, 6) is -0.308. The monoisotopic (exact) mass is 502 g/mol. The molecule has 0 radical (unpaired) electrons. The van der Waals surface area contributed by atoms with Crippen LogP contribution in [0.4, 0.5) is 5.69 Å². The van der Waals surface area contributed by atoms with Gasteiger partial charge in [-0.15, -0.1) is 0 Å². The topological polar surface area (TPSA) is 97.3 Å². The van der Waals surface area contributed by atoms with Gasteiger partial charge < -0.3 is 24.6 Å². The summed E-state index contributed by atoms with van der Waals surface area (Å²) < 4.78 is 16.3. The molecule has 192 valence electrons. The number of methoxy groups -OCH3 is 1. The largest absolute Gasteiger partial charge is 0.497 e. The Hall–Kier alpha value is -4.04. The van der Waals surface area contributed by atoms with Crippen molar-refractivity contribution >= 4 is 17.6 Å². The number of nitrogens with one attached hydrogen (secondary N) is 1. The van der Waals surface area contributed by atoms with E-state index in [1.165, 1.54) is 0 Å². The smallest absolute Gasteiger partial charge is 0.309 e. The highest BCUT2D eigenvalue weighted by molar-refractivity contribution is 5.93. The normalized spacial score (nSPS) is 20.6. The molecule has 0 bridgehead atoms.